The Hall–Kier alpha value is -1.73. The second-order valence-electron chi connectivity index (χ2n) is 5.82. The molecule has 2 aromatic heterocycles. The van der Waals surface area contributed by atoms with Crippen LogP contribution in [0.1, 0.15) is 25.4 Å². The number of fused-ring (bicyclic) bond motifs is 1. The summed E-state index contributed by atoms with van der Waals surface area (Å²) in [4.78, 5) is 6.80. The monoisotopic (exact) mass is 289 g/mol. The minimum absolute atomic E-state index is 0.465. The molecule has 0 saturated heterocycles. The van der Waals surface area contributed by atoms with Gasteiger partial charge in [-0.05, 0) is 0 Å². The van der Waals surface area contributed by atoms with Gasteiger partial charge in [-0.3, -0.25) is 9.58 Å². The molecule has 7 heteroatoms. The second kappa shape index (κ2) is 6.36. The van der Waals surface area contributed by atoms with Crippen LogP contribution in [0.5, 0.6) is 0 Å². The van der Waals surface area contributed by atoms with Crippen LogP contribution in [-0.2, 0) is 26.2 Å². The molecule has 3 heterocycles. The number of hydrogen-bond donors (Lipinski definition) is 1. The van der Waals surface area contributed by atoms with Crippen LogP contribution in [-0.4, -0.2) is 48.6 Å². The first-order valence-electron chi connectivity index (χ1n) is 7.55. The highest BCUT2D eigenvalue weighted by Crippen LogP contribution is 2.09. The summed E-state index contributed by atoms with van der Waals surface area (Å²) in [5.74, 6) is 1.15. The molecule has 0 amide bonds. The Morgan fingerprint density at radius 3 is 3.05 bits per heavy atom. The summed E-state index contributed by atoms with van der Waals surface area (Å²) in [5, 5.41) is 11.7. The highest BCUT2D eigenvalue weighted by Gasteiger charge is 2.16. The van der Waals surface area contributed by atoms with E-state index in [9.17, 15) is 0 Å². The first-order chi connectivity index (χ1) is 10.2. The van der Waals surface area contributed by atoms with E-state index >= 15 is 0 Å². The third-order valence-electron chi connectivity index (χ3n) is 3.75. The molecule has 1 aliphatic heterocycles. The summed E-state index contributed by atoms with van der Waals surface area (Å²) in [5.41, 5.74) is 0.998. The highest BCUT2D eigenvalue weighted by atomic mass is 15.4. The summed E-state index contributed by atoms with van der Waals surface area (Å²) in [6.07, 6.45) is 5.96. The van der Waals surface area contributed by atoms with E-state index in [0.29, 0.717) is 6.04 Å². The van der Waals surface area contributed by atoms with Crippen molar-refractivity contribution >= 4 is 0 Å². The summed E-state index contributed by atoms with van der Waals surface area (Å²) >= 11 is 0. The van der Waals surface area contributed by atoms with Crippen molar-refractivity contribution in [3.8, 4) is 0 Å². The van der Waals surface area contributed by atoms with Gasteiger partial charge in [0, 0.05) is 50.8 Å². The number of nitrogens with zero attached hydrogens (tertiary/aromatic N) is 6. The summed E-state index contributed by atoms with van der Waals surface area (Å²) in [6, 6.07) is 0.465. The first-order valence-corrected chi connectivity index (χ1v) is 7.55. The standard InChI is InChI=1S/C14H23N7/c1-12(2)16-9-13-10-21(18-17-13)8-6-19-5-7-20-4-3-15-14(20)11-19/h3-4,10,12,16H,5-9,11H2,1-2H3. The molecule has 21 heavy (non-hydrogen) atoms. The Balaban J connectivity index is 1.47. The van der Waals surface area contributed by atoms with Crippen molar-refractivity contribution in [3.05, 3.63) is 30.1 Å². The van der Waals surface area contributed by atoms with E-state index in [1.165, 1.54) is 0 Å². The molecule has 0 aliphatic carbocycles. The Kier molecular flexibility index (Phi) is 4.31. The molecule has 0 atom stereocenters. The van der Waals surface area contributed by atoms with Crippen LogP contribution in [0.4, 0.5) is 0 Å². The zero-order valence-corrected chi connectivity index (χ0v) is 12.7. The van der Waals surface area contributed by atoms with Gasteiger partial charge < -0.3 is 9.88 Å². The zero-order valence-electron chi connectivity index (χ0n) is 12.7. The van der Waals surface area contributed by atoms with Gasteiger partial charge in [0.15, 0.2) is 0 Å². The van der Waals surface area contributed by atoms with E-state index < -0.39 is 0 Å². The molecule has 0 aromatic carbocycles. The smallest absolute Gasteiger partial charge is 0.122 e. The zero-order chi connectivity index (χ0) is 14.7. The maximum Gasteiger partial charge on any atom is 0.122 e. The van der Waals surface area contributed by atoms with Gasteiger partial charge in [-0.1, -0.05) is 19.1 Å². The quantitative estimate of drug-likeness (QED) is 0.838. The van der Waals surface area contributed by atoms with Crippen molar-refractivity contribution in [1.82, 2.24) is 34.8 Å². The number of aromatic nitrogens is 5. The van der Waals surface area contributed by atoms with Gasteiger partial charge in [-0.2, -0.15) is 0 Å². The molecule has 7 nitrogen and oxygen atoms in total. The maximum absolute atomic E-state index is 4.39. The fraction of sp³-hybridized carbons (Fsp3) is 0.643. The molecule has 0 bridgehead atoms. The number of rotatable bonds is 6. The molecule has 1 aliphatic rings. The molecular formula is C14H23N7. The number of hydrogen-bond acceptors (Lipinski definition) is 5. The molecule has 0 spiro atoms. The van der Waals surface area contributed by atoms with Gasteiger partial charge in [0.1, 0.15) is 5.82 Å². The topological polar surface area (TPSA) is 63.8 Å². The van der Waals surface area contributed by atoms with Crippen LogP contribution >= 0.6 is 0 Å². The Morgan fingerprint density at radius 2 is 2.19 bits per heavy atom. The Labute approximate surface area is 125 Å². The molecular weight excluding hydrogens is 266 g/mol. The minimum atomic E-state index is 0.465. The predicted molar refractivity (Wildman–Crippen MR) is 79.5 cm³/mol. The molecule has 0 radical (unpaired) electrons. The highest BCUT2D eigenvalue weighted by molar-refractivity contribution is 4.96. The fourth-order valence-corrected chi connectivity index (χ4v) is 2.50. The lowest BCUT2D eigenvalue weighted by atomic mass is 10.3. The van der Waals surface area contributed by atoms with Crippen LogP contribution in [0.2, 0.25) is 0 Å². The first kappa shape index (κ1) is 14.2. The summed E-state index contributed by atoms with van der Waals surface area (Å²) in [6.45, 7) is 9.90. The summed E-state index contributed by atoms with van der Waals surface area (Å²) in [7, 11) is 0. The van der Waals surface area contributed by atoms with Gasteiger partial charge >= 0.3 is 0 Å². The van der Waals surface area contributed by atoms with Crippen molar-refractivity contribution in [1.29, 1.82) is 0 Å². The Bertz CT molecular complexity index is 571. The Morgan fingerprint density at radius 1 is 1.29 bits per heavy atom. The molecule has 2 aromatic rings. The lowest BCUT2D eigenvalue weighted by Crippen LogP contribution is -2.35. The van der Waals surface area contributed by atoms with E-state index in [2.05, 4.69) is 50.1 Å². The van der Waals surface area contributed by atoms with E-state index in [4.69, 9.17) is 0 Å². The van der Waals surface area contributed by atoms with Crippen LogP contribution in [0, 0.1) is 0 Å². The fourth-order valence-electron chi connectivity index (χ4n) is 2.50. The molecule has 0 saturated carbocycles. The van der Waals surface area contributed by atoms with Crippen molar-refractivity contribution < 1.29 is 0 Å². The average molecular weight is 289 g/mol. The molecule has 114 valence electrons. The van der Waals surface area contributed by atoms with Gasteiger partial charge in [0.25, 0.3) is 0 Å². The van der Waals surface area contributed by atoms with E-state index in [0.717, 1.165) is 50.8 Å². The molecule has 3 rings (SSSR count). The van der Waals surface area contributed by atoms with Gasteiger partial charge in [0.2, 0.25) is 0 Å². The minimum Gasteiger partial charge on any atom is -0.333 e. The van der Waals surface area contributed by atoms with Crippen molar-refractivity contribution in [2.75, 3.05) is 13.1 Å². The van der Waals surface area contributed by atoms with E-state index in [1.54, 1.807) is 0 Å². The molecule has 1 N–H and O–H groups in total. The maximum atomic E-state index is 4.39. The van der Waals surface area contributed by atoms with E-state index in [1.807, 2.05) is 17.1 Å². The average Bonchev–Trinajstić information content (AvgIpc) is 3.11. The molecule has 0 unspecified atom stereocenters. The van der Waals surface area contributed by atoms with Crippen LogP contribution in [0.3, 0.4) is 0 Å². The largest absolute Gasteiger partial charge is 0.333 e. The van der Waals surface area contributed by atoms with E-state index in [-0.39, 0.29) is 0 Å². The van der Waals surface area contributed by atoms with Crippen molar-refractivity contribution in [2.24, 2.45) is 0 Å². The second-order valence-corrected chi connectivity index (χ2v) is 5.82. The number of imidazole rings is 1. The van der Waals surface area contributed by atoms with Crippen LogP contribution in [0.15, 0.2) is 18.6 Å². The van der Waals surface area contributed by atoms with Crippen molar-refractivity contribution in [3.63, 3.8) is 0 Å². The predicted octanol–water partition coefficient (Wildman–Crippen LogP) is 0.488. The van der Waals surface area contributed by atoms with Crippen LogP contribution < -0.4 is 5.32 Å². The van der Waals surface area contributed by atoms with Gasteiger partial charge in [0.05, 0.1) is 18.8 Å². The third-order valence-corrected chi connectivity index (χ3v) is 3.75. The lowest BCUT2D eigenvalue weighted by molar-refractivity contribution is 0.206. The summed E-state index contributed by atoms with van der Waals surface area (Å²) < 4.78 is 4.15. The van der Waals surface area contributed by atoms with Crippen LogP contribution in [0.25, 0.3) is 0 Å². The van der Waals surface area contributed by atoms with Crippen molar-refractivity contribution in [2.45, 2.75) is 46.1 Å². The normalized spacial score (nSPS) is 15.6. The van der Waals surface area contributed by atoms with Gasteiger partial charge in [-0.25, -0.2) is 4.98 Å². The van der Waals surface area contributed by atoms with Gasteiger partial charge in [-0.15, -0.1) is 5.10 Å². The molecule has 0 fully saturated rings. The SMILES string of the molecule is CC(C)NCc1cn(CCN2CCn3ccnc3C2)nn1. The third kappa shape index (κ3) is 3.68. The number of nitrogens with one attached hydrogen (secondary N) is 1. The lowest BCUT2D eigenvalue weighted by Gasteiger charge is -2.27.